The van der Waals surface area contributed by atoms with Gasteiger partial charge in [-0.2, -0.15) is 0 Å². The predicted octanol–water partition coefficient (Wildman–Crippen LogP) is 3.82. The lowest BCUT2D eigenvalue weighted by Crippen LogP contribution is -2.32. The summed E-state index contributed by atoms with van der Waals surface area (Å²) in [5, 5.41) is 1.40. The van der Waals surface area contributed by atoms with Gasteiger partial charge in [-0.3, -0.25) is 14.4 Å². The third-order valence-corrected chi connectivity index (χ3v) is 4.86. The van der Waals surface area contributed by atoms with Gasteiger partial charge in [0, 0.05) is 12.1 Å². The van der Waals surface area contributed by atoms with E-state index in [1.807, 2.05) is 6.92 Å². The van der Waals surface area contributed by atoms with Crippen LogP contribution >= 0.6 is 11.8 Å². The lowest BCUT2D eigenvalue weighted by Gasteiger charge is -2.13. The average molecular weight is 388 g/mol. The molecule has 1 heterocycles. The first-order valence-corrected chi connectivity index (χ1v) is 9.18. The van der Waals surface area contributed by atoms with E-state index in [9.17, 15) is 18.8 Å². The van der Waals surface area contributed by atoms with E-state index in [2.05, 4.69) is 5.32 Å². The molecule has 0 radical (unpaired) electrons. The Labute approximate surface area is 159 Å². The summed E-state index contributed by atoms with van der Waals surface area (Å²) in [6.45, 7) is 2.42. The standard InChI is InChI=1S/C19H17FN2O4S/c1-2-26-15-9-5-13(6-10-15)21-17(23)11-16-18(24)22(19(25)27-16)14-7-3-12(20)4-8-14/h3-10,16H,2,11H2,1H3,(H,21,23). The number of benzene rings is 2. The number of anilines is 2. The molecule has 0 bridgehead atoms. The average Bonchev–Trinajstić information content (AvgIpc) is 2.91. The number of hydrogen-bond acceptors (Lipinski definition) is 5. The molecule has 3 rings (SSSR count). The lowest BCUT2D eigenvalue weighted by molar-refractivity contribution is -0.121. The van der Waals surface area contributed by atoms with Gasteiger partial charge in [0.05, 0.1) is 12.3 Å². The highest BCUT2D eigenvalue weighted by molar-refractivity contribution is 8.15. The van der Waals surface area contributed by atoms with E-state index in [0.29, 0.717) is 18.0 Å². The zero-order valence-corrected chi connectivity index (χ0v) is 15.3. The van der Waals surface area contributed by atoms with Crippen LogP contribution in [0, 0.1) is 5.82 Å². The molecule has 140 valence electrons. The maximum atomic E-state index is 13.0. The molecule has 0 saturated carbocycles. The van der Waals surface area contributed by atoms with Gasteiger partial charge in [-0.1, -0.05) is 0 Å². The second-order valence-corrected chi connectivity index (χ2v) is 6.89. The van der Waals surface area contributed by atoms with E-state index >= 15 is 0 Å². The third-order valence-electron chi connectivity index (χ3n) is 3.83. The van der Waals surface area contributed by atoms with Crippen LogP contribution in [0.4, 0.5) is 20.6 Å². The minimum atomic E-state index is -0.815. The summed E-state index contributed by atoms with van der Waals surface area (Å²) in [5.74, 6) is -0.633. The van der Waals surface area contributed by atoms with E-state index < -0.39 is 22.2 Å². The molecule has 1 aliphatic rings. The van der Waals surface area contributed by atoms with Gasteiger partial charge in [-0.05, 0) is 67.2 Å². The Balaban J connectivity index is 1.62. The van der Waals surface area contributed by atoms with Gasteiger partial charge in [0.25, 0.3) is 5.24 Å². The highest BCUT2D eigenvalue weighted by Gasteiger charge is 2.41. The van der Waals surface area contributed by atoms with Crippen molar-refractivity contribution in [1.29, 1.82) is 0 Å². The molecule has 1 N–H and O–H groups in total. The Kier molecular flexibility index (Phi) is 5.75. The molecule has 27 heavy (non-hydrogen) atoms. The normalized spacial score (nSPS) is 16.5. The molecule has 0 spiro atoms. The van der Waals surface area contributed by atoms with Crippen molar-refractivity contribution >= 4 is 40.2 Å². The Morgan fingerprint density at radius 3 is 2.44 bits per heavy atom. The van der Waals surface area contributed by atoms with Gasteiger partial charge >= 0.3 is 0 Å². The van der Waals surface area contributed by atoms with E-state index in [1.54, 1.807) is 24.3 Å². The number of nitrogens with one attached hydrogen (secondary N) is 1. The number of halogens is 1. The van der Waals surface area contributed by atoms with Gasteiger partial charge in [0.2, 0.25) is 11.8 Å². The summed E-state index contributed by atoms with van der Waals surface area (Å²) in [6.07, 6.45) is -0.139. The van der Waals surface area contributed by atoms with Crippen molar-refractivity contribution in [1.82, 2.24) is 0 Å². The van der Waals surface area contributed by atoms with E-state index in [0.717, 1.165) is 16.7 Å². The fourth-order valence-corrected chi connectivity index (χ4v) is 3.58. The molecule has 1 atom stereocenters. The monoisotopic (exact) mass is 388 g/mol. The molecule has 1 saturated heterocycles. The van der Waals surface area contributed by atoms with Gasteiger partial charge in [-0.15, -0.1) is 0 Å². The van der Waals surface area contributed by atoms with Crippen molar-refractivity contribution in [2.75, 3.05) is 16.8 Å². The summed E-state index contributed by atoms with van der Waals surface area (Å²) in [7, 11) is 0. The molecule has 1 unspecified atom stereocenters. The highest BCUT2D eigenvalue weighted by Crippen LogP contribution is 2.33. The molecular weight excluding hydrogens is 371 g/mol. The molecule has 1 aliphatic heterocycles. The van der Waals surface area contributed by atoms with Crippen LogP contribution in [0.1, 0.15) is 13.3 Å². The molecule has 0 aromatic heterocycles. The molecule has 2 aromatic rings. The smallest absolute Gasteiger partial charge is 0.293 e. The summed E-state index contributed by atoms with van der Waals surface area (Å²) in [5.41, 5.74) is 0.855. The molecule has 3 amide bonds. The van der Waals surface area contributed by atoms with Crippen molar-refractivity contribution in [3.05, 3.63) is 54.3 Å². The number of imide groups is 1. The van der Waals surface area contributed by atoms with Crippen LogP contribution < -0.4 is 15.0 Å². The second kappa shape index (κ2) is 8.22. The molecule has 8 heteroatoms. The quantitative estimate of drug-likeness (QED) is 0.814. The molecule has 0 aliphatic carbocycles. The number of thioether (sulfide) groups is 1. The van der Waals surface area contributed by atoms with Crippen LogP contribution in [0.2, 0.25) is 0 Å². The summed E-state index contributed by atoms with van der Waals surface area (Å²) >= 11 is 0.792. The van der Waals surface area contributed by atoms with Crippen molar-refractivity contribution < 1.29 is 23.5 Å². The minimum Gasteiger partial charge on any atom is -0.494 e. The topological polar surface area (TPSA) is 75.7 Å². The van der Waals surface area contributed by atoms with Crippen LogP contribution in [0.15, 0.2) is 48.5 Å². The van der Waals surface area contributed by atoms with Gasteiger partial charge < -0.3 is 10.1 Å². The van der Waals surface area contributed by atoms with Crippen molar-refractivity contribution in [3.8, 4) is 5.75 Å². The first kappa shape index (κ1) is 18.9. The lowest BCUT2D eigenvalue weighted by atomic mass is 10.2. The Morgan fingerprint density at radius 2 is 1.81 bits per heavy atom. The van der Waals surface area contributed by atoms with Crippen LogP contribution in [-0.2, 0) is 9.59 Å². The van der Waals surface area contributed by atoms with Crippen molar-refractivity contribution in [2.45, 2.75) is 18.6 Å². The zero-order chi connectivity index (χ0) is 19.4. The SMILES string of the molecule is CCOc1ccc(NC(=O)CC2SC(=O)N(c3ccc(F)cc3)C2=O)cc1. The summed E-state index contributed by atoms with van der Waals surface area (Å²) in [6, 6.07) is 11.9. The second-order valence-electron chi connectivity index (χ2n) is 5.73. The maximum Gasteiger partial charge on any atom is 0.293 e. The van der Waals surface area contributed by atoms with Crippen molar-refractivity contribution in [2.24, 2.45) is 0 Å². The summed E-state index contributed by atoms with van der Waals surface area (Å²) in [4.78, 5) is 37.9. The molecule has 6 nitrogen and oxygen atoms in total. The first-order valence-electron chi connectivity index (χ1n) is 8.31. The largest absolute Gasteiger partial charge is 0.494 e. The minimum absolute atomic E-state index is 0.139. The van der Waals surface area contributed by atoms with Gasteiger partial charge in [0.15, 0.2) is 0 Å². The fraction of sp³-hybridized carbons (Fsp3) is 0.211. The molecular formula is C19H17FN2O4S. The van der Waals surface area contributed by atoms with Crippen LogP contribution in [0.5, 0.6) is 5.75 Å². The predicted molar refractivity (Wildman–Crippen MR) is 102 cm³/mol. The third kappa shape index (κ3) is 4.46. The number of amides is 3. The highest BCUT2D eigenvalue weighted by atomic mass is 32.2. The number of hydrogen-bond donors (Lipinski definition) is 1. The molecule has 2 aromatic carbocycles. The van der Waals surface area contributed by atoms with Crippen LogP contribution in [0.3, 0.4) is 0 Å². The number of carbonyl (C=O) groups is 3. The van der Waals surface area contributed by atoms with Crippen LogP contribution in [0.25, 0.3) is 0 Å². The number of rotatable bonds is 6. The number of ether oxygens (including phenoxy) is 1. The zero-order valence-electron chi connectivity index (χ0n) is 14.5. The maximum absolute atomic E-state index is 13.0. The number of nitrogens with zero attached hydrogens (tertiary/aromatic N) is 1. The van der Waals surface area contributed by atoms with E-state index in [4.69, 9.17) is 4.74 Å². The van der Waals surface area contributed by atoms with E-state index in [1.165, 1.54) is 24.3 Å². The number of carbonyl (C=O) groups excluding carboxylic acids is 3. The van der Waals surface area contributed by atoms with Gasteiger partial charge in [-0.25, -0.2) is 9.29 Å². The molecule has 1 fully saturated rings. The fourth-order valence-electron chi connectivity index (χ4n) is 2.59. The first-order chi connectivity index (χ1) is 13.0. The van der Waals surface area contributed by atoms with E-state index in [-0.39, 0.29) is 18.0 Å². The van der Waals surface area contributed by atoms with Crippen LogP contribution in [-0.4, -0.2) is 28.9 Å². The van der Waals surface area contributed by atoms with Crippen molar-refractivity contribution in [3.63, 3.8) is 0 Å². The Morgan fingerprint density at radius 1 is 1.15 bits per heavy atom. The summed E-state index contributed by atoms with van der Waals surface area (Å²) < 4.78 is 18.4. The Bertz CT molecular complexity index is 855. The Hall–Kier alpha value is -2.87. The van der Waals surface area contributed by atoms with Gasteiger partial charge in [0.1, 0.15) is 16.8 Å².